The van der Waals surface area contributed by atoms with Gasteiger partial charge in [-0.05, 0) is 53.7 Å². The molecule has 2 heterocycles. The van der Waals surface area contributed by atoms with Gasteiger partial charge in [-0.3, -0.25) is 14.4 Å². The Morgan fingerprint density at radius 3 is 2.57 bits per heavy atom. The number of ether oxygens (including phenoxy) is 1. The minimum atomic E-state index is -1.13. The van der Waals surface area contributed by atoms with Crippen LogP contribution in [0, 0.1) is 0 Å². The first-order valence-electron chi connectivity index (χ1n) is 11.5. The topological polar surface area (TPSA) is 161 Å². The molecule has 1 fully saturated rings. The second kappa shape index (κ2) is 11.6. The minimum absolute atomic E-state index is 0.00375. The third-order valence-electron chi connectivity index (χ3n) is 6.01. The Bertz CT molecular complexity index is 1290. The zero-order chi connectivity index (χ0) is 26.5. The monoisotopic (exact) mass is 543 g/mol. The summed E-state index contributed by atoms with van der Waals surface area (Å²) in [7, 11) is 0. The van der Waals surface area contributed by atoms with Crippen molar-refractivity contribution in [2.75, 3.05) is 18.9 Å². The van der Waals surface area contributed by atoms with E-state index < -0.39 is 23.8 Å². The van der Waals surface area contributed by atoms with Gasteiger partial charge in [-0.2, -0.15) is 4.37 Å². The summed E-state index contributed by atoms with van der Waals surface area (Å²) in [5.41, 5.74) is 12.1. The van der Waals surface area contributed by atoms with Gasteiger partial charge >= 0.3 is 0 Å². The molecule has 0 unspecified atom stereocenters. The summed E-state index contributed by atoms with van der Waals surface area (Å²) in [5, 5.41) is 13.1. The van der Waals surface area contributed by atoms with Crippen molar-refractivity contribution in [3.05, 3.63) is 75.3 Å². The zero-order valence-corrected chi connectivity index (χ0v) is 21.3. The van der Waals surface area contributed by atoms with Gasteiger partial charge in [0.05, 0.1) is 11.8 Å². The Kier molecular flexibility index (Phi) is 8.27. The number of hydrogen-bond acceptors (Lipinski definition) is 8. The van der Waals surface area contributed by atoms with E-state index in [9.17, 15) is 19.5 Å². The van der Waals surface area contributed by atoms with Crippen LogP contribution in [0.4, 0.5) is 5.69 Å². The SMILES string of the molecule is NC(=O)c1nsc(C(=O)N(Cc2ccccc2Cl)[C@H](C(=O)NC[C@H]2CCCO2)c2ccc(O)cc2)c1N. The molecule has 0 radical (unpaired) electrons. The molecule has 4 rings (SSSR count). The second-order valence-corrected chi connectivity index (χ2v) is 9.72. The van der Waals surface area contributed by atoms with E-state index in [0.29, 0.717) is 22.8 Å². The average molecular weight is 544 g/mol. The molecule has 0 bridgehead atoms. The molecule has 6 N–H and O–H groups in total. The highest BCUT2D eigenvalue weighted by Crippen LogP contribution is 2.32. The number of anilines is 1. The van der Waals surface area contributed by atoms with E-state index >= 15 is 0 Å². The van der Waals surface area contributed by atoms with Crippen LogP contribution in [-0.4, -0.2) is 51.4 Å². The van der Waals surface area contributed by atoms with Crippen LogP contribution in [0.5, 0.6) is 5.75 Å². The number of carbonyl (C=O) groups excluding carboxylic acids is 3. The van der Waals surface area contributed by atoms with Crippen molar-refractivity contribution >= 4 is 46.5 Å². The first-order chi connectivity index (χ1) is 17.8. The van der Waals surface area contributed by atoms with Gasteiger partial charge in [0.15, 0.2) is 5.69 Å². The predicted molar refractivity (Wildman–Crippen MR) is 139 cm³/mol. The van der Waals surface area contributed by atoms with Gasteiger partial charge in [-0.1, -0.05) is 41.9 Å². The molecule has 0 spiro atoms. The van der Waals surface area contributed by atoms with Crippen LogP contribution in [0.25, 0.3) is 0 Å². The molecule has 37 heavy (non-hydrogen) atoms. The van der Waals surface area contributed by atoms with E-state index in [1.54, 1.807) is 36.4 Å². The second-order valence-electron chi connectivity index (χ2n) is 8.54. The maximum Gasteiger partial charge on any atom is 0.270 e. The van der Waals surface area contributed by atoms with Crippen LogP contribution < -0.4 is 16.8 Å². The van der Waals surface area contributed by atoms with Gasteiger partial charge in [0, 0.05) is 24.7 Å². The largest absolute Gasteiger partial charge is 0.508 e. The summed E-state index contributed by atoms with van der Waals surface area (Å²) in [5.74, 6) is -1.95. The van der Waals surface area contributed by atoms with Crippen LogP contribution in [-0.2, 0) is 16.1 Å². The number of nitrogen functional groups attached to an aromatic ring is 1. The molecular formula is C25H26ClN5O5S. The van der Waals surface area contributed by atoms with Crippen molar-refractivity contribution in [2.45, 2.75) is 31.5 Å². The van der Waals surface area contributed by atoms with Gasteiger partial charge in [0.25, 0.3) is 11.8 Å². The molecule has 2 aromatic carbocycles. The van der Waals surface area contributed by atoms with E-state index in [1.807, 2.05) is 0 Å². The fourth-order valence-corrected chi connectivity index (χ4v) is 5.05. The molecule has 3 aromatic rings. The van der Waals surface area contributed by atoms with Gasteiger partial charge < -0.3 is 31.5 Å². The molecule has 1 saturated heterocycles. The number of nitrogens with two attached hydrogens (primary N) is 2. The number of amides is 3. The van der Waals surface area contributed by atoms with Crippen LogP contribution >= 0.6 is 23.1 Å². The first-order valence-corrected chi connectivity index (χ1v) is 12.7. The summed E-state index contributed by atoms with van der Waals surface area (Å²) in [6, 6.07) is 11.8. The summed E-state index contributed by atoms with van der Waals surface area (Å²) in [4.78, 5) is 40.6. The standard InChI is InChI=1S/C25H26ClN5O5S/c26-18-6-2-1-4-15(18)13-31(25(35)22-19(27)20(23(28)33)30-37-22)21(14-7-9-16(32)10-8-14)24(34)29-12-17-5-3-11-36-17/h1-2,4,6-10,17,21,32H,3,5,11-13,27H2,(H2,28,33)(H,29,34)/t17-,21+/m1/s1. The lowest BCUT2D eigenvalue weighted by Gasteiger charge is -2.32. The quantitative estimate of drug-likeness (QED) is 0.322. The number of benzene rings is 2. The normalized spacial score (nSPS) is 15.8. The van der Waals surface area contributed by atoms with Crippen molar-refractivity contribution in [2.24, 2.45) is 5.73 Å². The lowest BCUT2D eigenvalue weighted by Crippen LogP contribution is -2.45. The molecule has 1 aliphatic heterocycles. The molecule has 3 amide bonds. The number of rotatable bonds is 9. The van der Waals surface area contributed by atoms with Crippen LogP contribution in [0.3, 0.4) is 0 Å². The number of hydrogen-bond donors (Lipinski definition) is 4. The molecule has 1 aromatic heterocycles. The number of aromatic hydroxyl groups is 1. The van der Waals surface area contributed by atoms with Crippen LogP contribution in [0.2, 0.25) is 5.02 Å². The van der Waals surface area contributed by atoms with Crippen LogP contribution in [0.1, 0.15) is 50.2 Å². The number of nitrogens with one attached hydrogen (secondary N) is 1. The Morgan fingerprint density at radius 2 is 1.95 bits per heavy atom. The Labute approximate surface area is 222 Å². The summed E-state index contributed by atoms with van der Waals surface area (Å²) in [6.07, 6.45) is 1.61. The lowest BCUT2D eigenvalue weighted by atomic mass is 10.0. The van der Waals surface area contributed by atoms with Gasteiger partial charge in [0.2, 0.25) is 5.91 Å². The van der Waals surface area contributed by atoms with E-state index in [1.165, 1.54) is 17.0 Å². The highest BCUT2D eigenvalue weighted by molar-refractivity contribution is 7.09. The molecule has 1 aliphatic rings. The molecule has 194 valence electrons. The van der Waals surface area contributed by atoms with Crippen molar-refractivity contribution in [1.82, 2.24) is 14.6 Å². The molecule has 0 aliphatic carbocycles. The summed E-state index contributed by atoms with van der Waals surface area (Å²) < 4.78 is 9.56. The smallest absolute Gasteiger partial charge is 0.270 e. The number of nitrogens with zero attached hydrogens (tertiary/aromatic N) is 2. The zero-order valence-electron chi connectivity index (χ0n) is 19.7. The van der Waals surface area contributed by atoms with Crippen LogP contribution in [0.15, 0.2) is 48.5 Å². The number of carbonyl (C=O) groups is 3. The number of phenols is 1. The highest BCUT2D eigenvalue weighted by Gasteiger charge is 2.35. The van der Waals surface area contributed by atoms with Crippen molar-refractivity contribution in [3.63, 3.8) is 0 Å². The molecule has 12 heteroatoms. The maximum atomic E-state index is 13.9. The third-order valence-corrected chi connectivity index (χ3v) is 7.23. The Balaban J connectivity index is 1.77. The van der Waals surface area contributed by atoms with E-state index in [0.717, 1.165) is 24.4 Å². The Hall–Kier alpha value is -3.67. The molecular weight excluding hydrogens is 518 g/mol. The summed E-state index contributed by atoms with van der Waals surface area (Å²) >= 11 is 7.14. The number of aromatic nitrogens is 1. The fourth-order valence-electron chi connectivity index (χ4n) is 4.10. The third kappa shape index (κ3) is 6.01. The van der Waals surface area contributed by atoms with Gasteiger partial charge in [0.1, 0.15) is 16.7 Å². The number of halogens is 1. The number of primary amides is 1. The Morgan fingerprint density at radius 1 is 1.22 bits per heavy atom. The highest BCUT2D eigenvalue weighted by atomic mass is 35.5. The number of phenolic OH excluding ortho intramolecular Hbond substituents is 1. The molecule has 2 atom stereocenters. The first kappa shape index (κ1) is 26.4. The molecule has 10 nitrogen and oxygen atoms in total. The van der Waals surface area contributed by atoms with E-state index in [4.69, 9.17) is 27.8 Å². The van der Waals surface area contributed by atoms with Crippen molar-refractivity contribution < 1.29 is 24.2 Å². The maximum absolute atomic E-state index is 13.9. The van der Waals surface area contributed by atoms with E-state index in [2.05, 4.69) is 9.69 Å². The van der Waals surface area contributed by atoms with Crippen molar-refractivity contribution in [3.8, 4) is 5.75 Å². The predicted octanol–water partition coefficient (Wildman–Crippen LogP) is 2.86. The van der Waals surface area contributed by atoms with Gasteiger partial charge in [-0.15, -0.1) is 0 Å². The minimum Gasteiger partial charge on any atom is -0.508 e. The van der Waals surface area contributed by atoms with E-state index in [-0.39, 0.29) is 41.2 Å². The van der Waals surface area contributed by atoms with Gasteiger partial charge in [-0.25, -0.2) is 0 Å². The lowest BCUT2D eigenvalue weighted by molar-refractivity contribution is -0.126. The van der Waals surface area contributed by atoms with Crippen molar-refractivity contribution in [1.29, 1.82) is 0 Å². The fraction of sp³-hybridized carbons (Fsp3) is 0.280. The molecule has 0 saturated carbocycles. The summed E-state index contributed by atoms with van der Waals surface area (Å²) in [6.45, 7) is 0.850. The average Bonchev–Trinajstić information content (AvgIpc) is 3.54.